The van der Waals surface area contributed by atoms with Crippen LogP contribution in [0.2, 0.25) is 0 Å². The predicted molar refractivity (Wildman–Crippen MR) is 79.2 cm³/mol. The Bertz CT molecular complexity index is 581. The fraction of sp³-hybridized carbons (Fsp3) is 0.294. The molecule has 0 bridgehead atoms. The number of aliphatic hydroxyl groups is 1. The molecule has 0 aliphatic carbocycles. The minimum atomic E-state index is -1.04. The van der Waals surface area contributed by atoms with E-state index in [1.165, 1.54) is 13.2 Å². The minimum Gasteiger partial charge on any atom is -0.494 e. The summed E-state index contributed by atoms with van der Waals surface area (Å²) in [6.45, 7) is 2.68. The van der Waals surface area contributed by atoms with Gasteiger partial charge in [-0.25, -0.2) is 4.39 Å². The highest BCUT2D eigenvalue weighted by Gasteiger charge is 2.17. The molecule has 0 aliphatic rings. The first kappa shape index (κ1) is 15.3. The van der Waals surface area contributed by atoms with Crippen LogP contribution in [0.4, 0.5) is 4.39 Å². The number of aliphatic hydroxyl groups excluding tert-OH is 1. The van der Waals surface area contributed by atoms with Gasteiger partial charge in [0, 0.05) is 5.56 Å². The normalized spacial score (nSPS) is 12.0. The fourth-order valence-electron chi connectivity index (χ4n) is 2.04. The highest BCUT2D eigenvalue weighted by molar-refractivity contribution is 5.38. The van der Waals surface area contributed by atoms with Gasteiger partial charge in [0.25, 0.3) is 0 Å². The van der Waals surface area contributed by atoms with Gasteiger partial charge in [0.2, 0.25) is 0 Å². The highest BCUT2D eigenvalue weighted by atomic mass is 19.1. The largest absolute Gasteiger partial charge is 0.494 e. The van der Waals surface area contributed by atoms with Gasteiger partial charge in [-0.1, -0.05) is 31.2 Å². The monoisotopic (exact) mass is 290 g/mol. The summed E-state index contributed by atoms with van der Waals surface area (Å²) >= 11 is 0. The third-order valence-corrected chi connectivity index (χ3v) is 3.18. The summed E-state index contributed by atoms with van der Waals surface area (Å²) in [6, 6.07) is 11.7. The summed E-state index contributed by atoms with van der Waals surface area (Å²) < 4.78 is 24.6. The van der Waals surface area contributed by atoms with Crippen LogP contribution in [-0.4, -0.2) is 18.8 Å². The van der Waals surface area contributed by atoms with Crippen molar-refractivity contribution < 1.29 is 19.0 Å². The van der Waals surface area contributed by atoms with Crippen LogP contribution >= 0.6 is 0 Å². The van der Waals surface area contributed by atoms with E-state index in [-0.39, 0.29) is 11.3 Å². The molecule has 112 valence electrons. The lowest BCUT2D eigenvalue weighted by Crippen LogP contribution is -2.04. The molecule has 0 heterocycles. The third kappa shape index (κ3) is 3.52. The number of halogens is 1. The van der Waals surface area contributed by atoms with Crippen molar-refractivity contribution in [2.75, 3.05) is 13.7 Å². The van der Waals surface area contributed by atoms with Crippen LogP contribution in [0, 0.1) is 5.82 Å². The quantitative estimate of drug-likeness (QED) is 0.881. The topological polar surface area (TPSA) is 38.7 Å². The Morgan fingerprint density at radius 1 is 1.14 bits per heavy atom. The molecule has 0 fully saturated rings. The van der Waals surface area contributed by atoms with E-state index in [1.54, 1.807) is 36.4 Å². The van der Waals surface area contributed by atoms with Crippen LogP contribution in [0.1, 0.15) is 30.6 Å². The zero-order chi connectivity index (χ0) is 15.2. The zero-order valence-electron chi connectivity index (χ0n) is 12.2. The molecule has 0 amide bonds. The molecule has 1 unspecified atom stereocenters. The molecule has 1 N–H and O–H groups in total. The van der Waals surface area contributed by atoms with Gasteiger partial charge in [0.15, 0.2) is 11.6 Å². The molecule has 2 rings (SSSR count). The van der Waals surface area contributed by atoms with Crippen LogP contribution in [0.25, 0.3) is 0 Å². The highest BCUT2D eigenvalue weighted by Crippen LogP contribution is 2.29. The van der Waals surface area contributed by atoms with Gasteiger partial charge < -0.3 is 14.6 Å². The lowest BCUT2D eigenvalue weighted by molar-refractivity contribution is 0.213. The first-order chi connectivity index (χ1) is 10.2. The average molecular weight is 290 g/mol. The van der Waals surface area contributed by atoms with Crippen molar-refractivity contribution >= 4 is 0 Å². The van der Waals surface area contributed by atoms with Crippen molar-refractivity contribution in [3.63, 3.8) is 0 Å². The zero-order valence-corrected chi connectivity index (χ0v) is 12.2. The lowest BCUT2D eigenvalue weighted by atomic mass is 10.0. The third-order valence-electron chi connectivity index (χ3n) is 3.18. The summed E-state index contributed by atoms with van der Waals surface area (Å²) in [5, 5.41) is 10.3. The fourth-order valence-corrected chi connectivity index (χ4v) is 2.04. The first-order valence-corrected chi connectivity index (χ1v) is 6.90. The van der Waals surface area contributed by atoms with E-state index in [9.17, 15) is 9.50 Å². The van der Waals surface area contributed by atoms with Crippen molar-refractivity contribution in [2.24, 2.45) is 0 Å². The first-order valence-electron chi connectivity index (χ1n) is 6.90. The number of benzene rings is 2. The van der Waals surface area contributed by atoms with E-state index in [2.05, 4.69) is 0 Å². The van der Waals surface area contributed by atoms with Crippen LogP contribution < -0.4 is 9.47 Å². The number of rotatable bonds is 6. The Kier molecular flexibility index (Phi) is 5.17. The smallest absolute Gasteiger partial charge is 0.171 e. The van der Waals surface area contributed by atoms with Crippen LogP contribution in [0.5, 0.6) is 11.5 Å². The van der Waals surface area contributed by atoms with Crippen LogP contribution in [0.15, 0.2) is 42.5 Å². The van der Waals surface area contributed by atoms with Gasteiger partial charge in [-0.15, -0.1) is 0 Å². The maximum Gasteiger partial charge on any atom is 0.171 e. The second-order valence-corrected chi connectivity index (χ2v) is 4.68. The molecule has 3 nitrogen and oxygen atoms in total. The number of hydrogen-bond donors (Lipinski definition) is 1. The number of methoxy groups -OCH3 is 1. The van der Waals surface area contributed by atoms with Crippen molar-refractivity contribution in [3.8, 4) is 11.5 Å². The SMILES string of the molecule is CCCOc1ccc(C(O)c2cccc(OC)c2F)cc1. The summed E-state index contributed by atoms with van der Waals surface area (Å²) in [4.78, 5) is 0. The van der Waals surface area contributed by atoms with Crippen molar-refractivity contribution in [3.05, 3.63) is 59.4 Å². The molecule has 2 aromatic rings. The molecule has 0 saturated carbocycles. The Morgan fingerprint density at radius 3 is 2.48 bits per heavy atom. The van der Waals surface area contributed by atoms with E-state index in [0.717, 1.165) is 12.2 Å². The van der Waals surface area contributed by atoms with E-state index >= 15 is 0 Å². The van der Waals surface area contributed by atoms with Gasteiger partial charge in [-0.05, 0) is 30.2 Å². The van der Waals surface area contributed by atoms with Gasteiger partial charge >= 0.3 is 0 Å². The Morgan fingerprint density at radius 2 is 1.86 bits per heavy atom. The van der Waals surface area contributed by atoms with Crippen LogP contribution in [0.3, 0.4) is 0 Å². The Hall–Kier alpha value is -2.07. The lowest BCUT2D eigenvalue weighted by Gasteiger charge is -2.14. The molecule has 0 aromatic heterocycles. The molecule has 0 radical (unpaired) electrons. The van der Waals surface area contributed by atoms with E-state index < -0.39 is 11.9 Å². The summed E-state index contributed by atoms with van der Waals surface area (Å²) in [6.07, 6.45) is -0.111. The molecule has 0 saturated heterocycles. The summed E-state index contributed by atoms with van der Waals surface area (Å²) in [5.41, 5.74) is 0.794. The van der Waals surface area contributed by atoms with Gasteiger partial charge in [-0.3, -0.25) is 0 Å². The van der Waals surface area contributed by atoms with E-state index in [4.69, 9.17) is 9.47 Å². The molecular weight excluding hydrogens is 271 g/mol. The van der Waals surface area contributed by atoms with Crippen molar-refractivity contribution in [1.29, 1.82) is 0 Å². The Balaban J connectivity index is 2.21. The van der Waals surface area contributed by atoms with Gasteiger partial charge in [-0.2, -0.15) is 0 Å². The molecule has 21 heavy (non-hydrogen) atoms. The molecule has 2 aromatic carbocycles. The summed E-state index contributed by atoms with van der Waals surface area (Å²) in [7, 11) is 1.40. The number of ether oxygens (including phenoxy) is 2. The maximum absolute atomic E-state index is 14.1. The Labute approximate surface area is 124 Å². The van der Waals surface area contributed by atoms with E-state index in [0.29, 0.717) is 12.2 Å². The predicted octanol–water partition coefficient (Wildman–Crippen LogP) is 3.70. The molecule has 0 aliphatic heterocycles. The molecule has 0 spiro atoms. The van der Waals surface area contributed by atoms with E-state index in [1.807, 2.05) is 6.92 Å². The van der Waals surface area contributed by atoms with Crippen molar-refractivity contribution in [2.45, 2.75) is 19.4 Å². The standard InChI is InChI=1S/C17H19FO3/c1-3-11-21-13-9-7-12(8-10-13)17(19)14-5-4-6-15(20-2)16(14)18/h4-10,17,19H,3,11H2,1-2H3. The van der Waals surface area contributed by atoms with Gasteiger partial charge in [0.05, 0.1) is 13.7 Å². The maximum atomic E-state index is 14.1. The molecule has 1 atom stereocenters. The number of hydrogen-bond acceptors (Lipinski definition) is 3. The second-order valence-electron chi connectivity index (χ2n) is 4.68. The van der Waals surface area contributed by atoms with Gasteiger partial charge in [0.1, 0.15) is 11.9 Å². The molecular formula is C17H19FO3. The summed E-state index contributed by atoms with van der Waals surface area (Å²) in [5.74, 6) is 0.312. The average Bonchev–Trinajstić information content (AvgIpc) is 2.53. The minimum absolute atomic E-state index is 0.120. The van der Waals surface area contributed by atoms with Crippen LogP contribution in [-0.2, 0) is 0 Å². The second kappa shape index (κ2) is 7.09. The van der Waals surface area contributed by atoms with Crippen molar-refractivity contribution in [1.82, 2.24) is 0 Å². The molecule has 4 heteroatoms.